The number of ether oxygens (including phenoxy) is 1. The van der Waals surface area contributed by atoms with Crippen LogP contribution in [0.2, 0.25) is 0 Å². The average Bonchev–Trinajstić information content (AvgIpc) is 2.13. The van der Waals surface area contributed by atoms with Gasteiger partial charge in [0.2, 0.25) is 0 Å². The second kappa shape index (κ2) is 7.03. The molecule has 0 aliphatic heterocycles. The van der Waals surface area contributed by atoms with E-state index in [9.17, 15) is 4.79 Å². The summed E-state index contributed by atoms with van der Waals surface area (Å²) in [4.78, 5) is 12.7. The highest BCUT2D eigenvalue weighted by Crippen LogP contribution is 2.00. The van der Waals surface area contributed by atoms with Gasteiger partial charge in [0.15, 0.2) is 0 Å². The van der Waals surface area contributed by atoms with E-state index < -0.39 is 0 Å². The van der Waals surface area contributed by atoms with Gasteiger partial charge < -0.3 is 9.64 Å². The number of amides is 1. The zero-order valence-electron chi connectivity index (χ0n) is 8.74. The average molecular weight is 206 g/mol. The summed E-state index contributed by atoms with van der Waals surface area (Å²) in [6, 6.07) is 0. The van der Waals surface area contributed by atoms with E-state index in [4.69, 9.17) is 4.74 Å². The maximum atomic E-state index is 11.1. The van der Waals surface area contributed by atoms with Crippen LogP contribution in [0, 0.1) is 0 Å². The molecule has 13 heavy (non-hydrogen) atoms. The molecule has 0 aliphatic rings. The smallest absolute Gasteiger partial charge is 0.409 e. The van der Waals surface area contributed by atoms with Crippen molar-refractivity contribution in [3.05, 3.63) is 0 Å². The summed E-state index contributed by atoms with van der Waals surface area (Å²) in [5, 5.41) is 0. The van der Waals surface area contributed by atoms with Gasteiger partial charge in [0.05, 0.1) is 6.61 Å². The Labute approximate surface area is 84.3 Å². The molecule has 0 unspecified atom stereocenters. The maximum Gasteiger partial charge on any atom is 0.409 e. The molecule has 0 aliphatic carbocycles. The zero-order chi connectivity index (χ0) is 10.3. The van der Waals surface area contributed by atoms with Crippen molar-refractivity contribution in [2.75, 3.05) is 40.0 Å². The van der Waals surface area contributed by atoms with Gasteiger partial charge in [0.25, 0.3) is 0 Å². The largest absolute Gasteiger partial charge is 0.450 e. The second-order valence-corrected chi connectivity index (χ2v) is 3.64. The Morgan fingerprint density at radius 1 is 1.38 bits per heavy atom. The Morgan fingerprint density at radius 2 is 2.00 bits per heavy atom. The van der Waals surface area contributed by atoms with Gasteiger partial charge >= 0.3 is 6.09 Å². The number of likely N-dealkylation sites (N-methyl/N-ethyl adjacent to an activating group) is 2. The van der Waals surface area contributed by atoms with Gasteiger partial charge in [0, 0.05) is 20.1 Å². The molecule has 0 saturated carbocycles. The standard InChI is InChI=1S/C8H18N2O2S/c1-5-12-8(11)9(2)6-7-10(3)13-4/h5-7H2,1-4H3. The summed E-state index contributed by atoms with van der Waals surface area (Å²) in [7, 11) is 3.73. The predicted octanol–water partition coefficient (Wildman–Crippen LogP) is 1.28. The van der Waals surface area contributed by atoms with Gasteiger partial charge in [0.1, 0.15) is 0 Å². The zero-order valence-corrected chi connectivity index (χ0v) is 9.56. The van der Waals surface area contributed by atoms with Gasteiger partial charge in [-0.2, -0.15) is 0 Å². The first kappa shape index (κ1) is 12.6. The molecule has 0 aromatic carbocycles. The number of hydrogen-bond donors (Lipinski definition) is 0. The lowest BCUT2D eigenvalue weighted by molar-refractivity contribution is 0.115. The van der Waals surface area contributed by atoms with Crippen LogP contribution in [0.5, 0.6) is 0 Å². The highest BCUT2D eigenvalue weighted by Gasteiger charge is 2.08. The first-order valence-corrected chi connectivity index (χ1v) is 5.43. The molecule has 0 rings (SSSR count). The van der Waals surface area contributed by atoms with Crippen LogP contribution in [0.1, 0.15) is 6.92 Å². The van der Waals surface area contributed by atoms with Crippen LogP contribution in [-0.4, -0.2) is 55.3 Å². The minimum Gasteiger partial charge on any atom is -0.450 e. The summed E-state index contributed by atoms with van der Waals surface area (Å²) in [6.45, 7) is 3.77. The van der Waals surface area contributed by atoms with Gasteiger partial charge in [-0.3, -0.25) is 4.31 Å². The van der Waals surface area contributed by atoms with Crippen molar-refractivity contribution in [2.24, 2.45) is 0 Å². The molecular weight excluding hydrogens is 188 g/mol. The molecule has 5 heteroatoms. The van der Waals surface area contributed by atoms with Crippen molar-refractivity contribution in [3.63, 3.8) is 0 Å². The molecule has 4 nitrogen and oxygen atoms in total. The quantitative estimate of drug-likeness (QED) is 0.634. The number of hydrogen-bond acceptors (Lipinski definition) is 4. The molecule has 0 bridgehead atoms. The fourth-order valence-electron chi connectivity index (χ4n) is 0.707. The van der Waals surface area contributed by atoms with Crippen LogP contribution in [0.15, 0.2) is 0 Å². The molecule has 0 atom stereocenters. The minimum atomic E-state index is -0.253. The van der Waals surface area contributed by atoms with Gasteiger partial charge in [-0.1, -0.05) is 11.9 Å². The third-order valence-corrected chi connectivity index (χ3v) is 2.45. The topological polar surface area (TPSA) is 32.8 Å². The lowest BCUT2D eigenvalue weighted by atomic mass is 10.6. The van der Waals surface area contributed by atoms with Crippen molar-refractivity contribution in [1.82, 2.24) is 9.21 Å². The molecule has 0 heterocycles. The molecule has 78 valence electrons. The van der Waals surface area contributed by atoms with Gasteiger partial charge in [-0.05, 0) is 20.2 Å². The number of rotatable bonds is 5. The Morgan fingerprint density at radius 3 is 2.46 bits per heavy atom. The molecule has 0 aromatic heterocycles. The van der Waals surface area contributed by atoms with E-state index in [1.54, 1.807) is 30.8 Å². The molecule has 1 amide bonds. The van der Waals surface area contributed by atoms with E-state index in [2.05, 4.69) is 4.31 Å². The van der Waals surface area contributed by atoms with E-state index in [1.165, 1.54) is 0 Å². The fourth-order valence-corrected chi connectivity index (χ4v) is 0.971. The van der Waals surface area contributed by atoms with Gasteiger partial charge in [-0.25, -0.2) is 4.79 Å². The maximum absolute atomic E-state index is 11.1. The summed E-state index contributed by atoms with van der Waals surface area (Å²) in [6.07, 6.45) is 1.75. The lowest BCUT2D eigenvalue weighted by Crippen LogP contribution is -2.33. The number of nitrogens with zero attached hydrogens (tertiary/aromatic N) is 2. The first-order valence-electron chi connectivity index (χ1n) is 4.25. The first-order chi connectivity index (χ1) is 6.11. The van der Waals surface area contributed by atoms with Crippen LogP contribution in [0.25, 0.3) is 0 Å². The summed E-state index contributed by atoms with van der Waals surface area (Å²) in [5.41, 5.74) is 0. The van der Waals surface area contributed by atoms with E-state index in [0.29, 0.717) is 13.2 Å². The van der Waals surface area contributed by atoms with Crippen LogP contribution >= 0.6 is 11.9 Å². The molecule has 0 fully saturated rings. The third kappa shape index (κ3) is 5.76. The Hall–Kier alpha value is -0.420. The van der Waals surface area contributed by atoms with E-state index in [-0.39, 0.29) is 6.09 Å². The molecule has 0 aromatic rings. The van der Waals surface area contributed by atoms with Crippen molar-refractivity contribution < 1.29 is 9.53 Å². The summed E-state index contributed by atoms with van der Waals surface area (Å²) in [5.74, 6) is 0. The van der Waals surface area contributed by atoms with Crippen LogP contribution in [-0.2, 0) is 4.74 Å². The molecule has 0 saturated heterocycles. The third-order valence-electron chi connectivity index (χ3n) is 1.64. The van der Waals surface area contributed by atoms with Crippen molar-refractivity contribution in [3.8, 4) is 0 Å². The number of carbonyl (C=O) groups excluding carboxylic acids is 1. The highest BCUT2D eigenvalue weighted by atomic mass is 32.2. The van der Waals surface area contributed by atoms with Crippen molar-refractivity contribution in [1.29, 1.82) is 0 Å². The lowest BCUT2D eigenvalue weighted by Gasteiger charge is -2.19. The van der Waals surface area contributed by atoms with Crippen LogP contribution in [0.3, 0.4) is 0 Å². The Kier molecular flexibility index (Phi) is 6.80. The monoisotopic (exact) mass is 206 g/mol. The normalized spacial score (nSPS) is 10.2. The summed E-state index contributed by atoms with van der Waals surface area (Å²) < 4.78 is 6.90. The predicted molar refractivity (Wildman–Crippen MR) is 55.8 cm³/mol. The molecule has 0 spiro atoms. The van der Waals surface area contributed by atoms with E-state index in [1.807, 2.05) is 13.3 Å². The highest BCUT2D eigenvalue weighted by molar-refractivity contribution is 7.96. The Balaban J connectivity index is 3.60. The van der Waals surface area contributed by atoms with Crippen LogP contribution in [0.4, 0.5) is 4.79 Å². The van der Waals surface area contributed by atoms with E-state index >= 15 is 0 Å². The second-order valence-electron chi connectivity index (χ2n) is 2.65. The van der Waals surface area contributed by atoms with E-state index in [0.717, 1.165) is 6.54 Å². The van der Waals surface area contributed by atoms with Crippen molar-refractivity contribution >= 4 is 18.0 Å². The number of carbonyl (C=O) groups is 1. The molecule has 0 N–H and O–H groups in total. The fraction of sp³-hybridized carbons (Fsp3) is 0.875. The molecule has 0 radical (unpaired) electrons. The minimum absolute atomic E-state index is 0.253. The molecular formula is C8H18N2O2S. The Bertz CT molecular complexity index is 155. The van der Waals surface area contributed by atoms with Gasteiger partial charge in [-0.15, -0.1) is 0 Å². The van der Waals surface area contributed by atoms with Crippen molar-refractivity contribution in [2.45, 2.75) is 6.92 Å². The summed E-state index contributed by atoms with van der Waals surface area (Å²) >= 11 is 1.65. The van der Waals surface area contributed by atoms with Crippen LogP contribution < -0.4 is 0 Å². The SMILES string of the molecule is CCOC(=O)N(C)CCN(C)SC.